The number of methoxy groups -OCH3 is 1. The minimum atomic E-state index is -0.584. The molecule has 2 amide bonds. The molecule has 1 atom stereocenters. The molecular formula is C16H23N3O3. The van der Waals surface area contributed by atoms with Gasteiger partial charge in [0.15, 0.2) is 0 Å². The first-order valence-corrected chi connectivity index (χ1v) is 7.44. The molecule has 120 valence electrons. The number of carbonyl (C=O) groups is 2. The number of benzene rings is 1. The maximum Gasteiger partial charge on any atom is 0.407 e. The molecule has 0 aromatic heterocycles. The molecule has 6 nitrogen and oxygen atoms in total. The molecule has 0 saturated carbocycles. The van der Waals surface area contributed by atoms with E-state index >= 15 is 0 Å². The molecule has 1 aromatic carbocycles. The molecule has 0 bridgehead atoms. The highest BCUT2D eigenvalue weighted by Gasteiger charge is 2.28. The van der Waals surface area contributed by atoms with Gasteiger partial charge >= 0.3 is 6.09 Å². The quantitative estimate of drug-likeness (QED) is 0.916. The van der Waals surface area contributed by atoms with Crippen LogP contribution in [0.25, 0.3) is 0 Å². The molecular weight excluding hydrogens is 282 g/mol. The van der Waals surface area contributed by atoms with E-state index in [2.05, 4.69) is 34.0 Å². The third-order valence-corrected chi connectivity index (χ3v) is 3.97. The van der Waals surface area contributed by atoms with Gasteiger partial charge in [-0.3, -0.25) is 4.79 Å². The highest BCUT2D eigenvalue weighted by Crippen LogP contribution is 2.22. The summed E-state index contributed by atoms with van der Waals surface area (Å²) in [6.07, 6.45) is -0.584. The van der Waals surface area contributed by atoms with Gasteiger partial charge in [0.25, 0.3) is 0 Å². The second kappa shape index (κ2) is 7.15. The number of nitrogens with one attached hydrogen (secondary N) is 1. The highest BCUT2D eigenvalue weighted by molar-refractivity contribution is 5.82. The highest BCUT2D eigenvalue weighted by atomic mass is 16.5. The number of piperazine rings is 1. The molecule has 22 heavy (non-hydrogen) atoms. The summed E-state index contributed by atoms with van der Waals surface area (Å²) in [5, 5.41) is 2.44. The first-order valence-electron chi connectivity index (χ1n) is 7.44. The van der Waals surface area contributed by atoms with Crippen LogP contribution in [0.15, 0.2) is 24.3 Å². The van der Waals surface area contributed by atoms with E-state index in [1.807, 2.05) is 24.0 Å². The molecule has 1 saturated heterocycles. The van der Waals surface area contributed by atoms with Crippen LogP contribution in [0, 0.1) is 6.92 Å². The van der Waals surface area contributed by atoms with Crippen LogP contribution in [0.3, 0.4) is 0 Å². The van der Waals surface area contributed by atoms with Gasteiger partial charge < -0.3 is 19.9 Å². The fourth-order valence-corrected chi connectivity index (χ4v) is 2.79. The number of anilines is 1. The number of carbonyl (C=O) groups excluding carboxylic acids is 2. The van der Waals surface area contributed by atoms with Gasteiger partial charge in [-0.25, -0.2) is 4.79 Å². The van der Waals surface area contributed by atoms with Crippen molar-refractivity contribution in [2.75, 3.05) is 38.2 Å². The van der Waals surface area contributed by atoms with Crippen molar-refractivity contribution in [2.24, 2.45) is 0 Å². The van der Waals surface area contributed by atoms with Crippen molar-refractivity contribution in [3.05, 3.63) is 29.8 Å². The van der Waals surface area contributed by atoms with Crippen molar-refractivity contribution < 1.29 is 14.3 Å². The Labute approximate surface area is 131 Å². The first kappa shape index (κ1) is 16.1. The molecule has 0 radical (unpaired) electrons. The van der Waals surface area contributed by atoms with Gasteiger partial charge in [0, 0.05) is 31.4 Å². The summed E-state index contributed by atoms with van der Waals surface area (Å²) >= 11 is 0. The molecule has 1 aliphatic rings. The Kier molecular flexibility index (Phi) is 5.25. The van der Waals surface area contributed by atoms with Crippen molar-refractivity contribution in [1.82, 2.24) is 10.2 Å². The molecule has 0 aliphatic carbocycles. The Hall–Kier alpha value is -2.24. The minimum Gasteiger partial charge on any atom is -0.453 e. The Morgan fingerprint density at radius 1 is 1.32 bits per heavy atom. The Morgan fingerprint density at radius 2 is 2.05 bits per heavy atom. The third kappa shape index (κ3) is 3.69. The van der Waals surface area contributed by atoms with E-state index in [9.17, 15) is 9.59 Å². The molecule has 0 unspecified atom stereocenters. The first-order chi connectivity index (χ1) is 10.5. The van der Waals surface area contributed by atoms with Crippen LogP contribution in [0.1, 0.15) is 12.5 Å². The molecule has 1 aliphatic heterocycles. The molecule has 2 rings (SSSR count). The lowest BCUT2D eigenvalue weighted by atomic mass is 10.1. The lowest BCUT2D eigenvalue weighted by molar-refractivity contribution is -0.132. The van der Waals surface area contributed by atoms with Crippen LogP contribution < -0.4 is 10.2 Å². The van der Waals surface area contributed by atoms with E-state index in [0.29, 0.717) is 6.54 Å². The summed E-state index contributed by atoms with van der Waals surface area (Å²) in [5.74, 6) is -0.0812. The van der Waals surface area contributed by atoms with E-state index in [0.717, 1.165) is 13.1 Å². The zero-order valence-electron chi connectivity index (χ0n) is 13.3. The molecule has 1 N–H and O–H groups in total. The Morgan fingerprint density at radius 3 is 2.68 bits per heavy atom. The van der Waals surface area contributed by atoms with E-state index in [1.165, 1.54) is 18.4 Å². The fourth-order valence-electron chi connectivity index (χ4n) is 2.79. The van der Waals surface area contributed by atoms with Crippen LogP contribution in [-0.4, -0.2) is 56.2 Å². The summed E-state index contributed by atoms with van der Waals surface area (Å²) in [5.41, 5.74) is 2.45. The number of aryl methyl sites for hydroxylation is 1. The largest absolute Gasteiger partial charge is 0.453 e. The lowest BCUT2D eigenvalue weighted by Gasteiger charge is -2.41. The van der Waals surface area contributed by atoms with Crippen molar-refractivity contribution >= 4 is 17.7 Å². The number of nitrogens with zero attached hydrogens (tertiary/aromatic N) is 2. The normalized spacial score (nSPS) is 18.0. The molecule has 1 fully saturated rings. The summed E-state index contributed by atoms with van der Waals surface area (Å²) in [6, 6.07) is 8.36. The maximum atomic E-state index is 12.2. The van der Waals surface area contributed by atoms with Crippen LogP contribution in [0.2, 0.25) is 0 Å². The van der Waals surface area contributed by atoms with E-state index in [-0.39, 0.29) is 18.5 Å². The Balaban J connectivity index is 1.94. The average Bonchev–Trinajstić information content (AvgIpc) is 2.52. The summed E-state index contributed by atoms with van der Waals surface area (Å²) < 4.78 is 4.47. The number of alkyl carbamates (subject to hydrolysis) is 1. The van der Waals surface area contributed by atoms with Crippen molar-refractivity contribution in [2.45, 2.75) is 19.9 Å². The van der Waals surface area contributed by atoms with E-state index in [1.54, 1.807) is 0 Å². The van der Waals surface area contributed by atoms with Gasteiger partial charge in [-0.15, -0.1) is 0 Å². The summed E-state index contributed by atoms with van der Waals surface area (Å²) in [7, 11) is 1.28. The predicted molar refractivity (Wildman–Crippen MR) is 85.0 cm³/mol. The fraction of sp³-hybridized carbons (Fsp3) is 0.500. The van der Waals surface area contributed by atoms with Crippen molar-refractivity contribution in [3.63, 3.8) is 0 Å². The van der Waals surface area contributed by atoms with Crippen LogP contribution in [-0.2, 0) is 9.53 Å². The zero-order valence-corrected chi connectivity index (χ0v) is 13.3. The SMILES string of the molecule is COC(=O)NCC(=O)N1CCN(c2ccccc2C)C[C@@H]1C. The number of amides is 2. The van der Waals surface area contributed by atoms with Crippen molar-refractivity contribution in [3.8, 4) is 0 Å². The lowest BCUT2D eigenvalue weighted by Crippen LogP contribution is -2.56. The standard InChI is InChI=1S/C16H23N3O3/c1-12-6-4-5-7-14(12)18-8-9-19(13(2)11-18)15(20)10-17-16(21)22-3/h4-7,13H,8-11H2,1-3H3,(H,17,21)/t13-/m0/s1. The maximum absolute atomic E-state index is 12.2. The second-order valence-corrected chi connectivity index (χ2v) is 5.51. The average molecular weight is 305 g/mol. The Bertz CT molecular complexity index is 547. The van der Waals surface area contributed by atoms with Crippen LogP contribution in [0.5, 0.6) is 0 Å². The zero-order chi connectivity index (χ0) is 16.1. The van der Waals surface area contributed by atoms with Gasteiger partial charge in [-0.2, -0.15) is 0 Å². The molecule has 6 heteroatoms. The smallest absolute Gasteiger partial charge is 0.407 e. The van der Waals surface area contributed by atoms with Crippen LogP contribution >= 0.6 is 0 Å². The minimum absolute atomic E-state index is 0.0264. The number of para-hydroxylation sites is 1. The predicted octanol–water partition coefficient (Wildman–Crippen LogP) is 1.39. The summed E-state index contributed by atoms with van der Waals surface area (Å²) in [6.45, 7) is 6.32. The number of rotatable bonds is 3. The van der Waals surface area contributed by atoms with E-state index < -0.39 is 6.09 Å². The number of hydrogen-bond donors (Lipinski definition) is 1. The molecule has 1 aromatic rings. The second-order valence-electron chi connectivity index (χ2n) is 5.51. The monoisotopic (exact) mass is 305 g/mol. The summed E-state index contributed by atoms with van der Waals surface area (Å²) in [4.78, 5) is 27.3. The van der Waals surface area contributed by atoms with E-state index in [4.69, 9.17) is 0 Å². The third-order valence-electron chi connectivity index (χ3n) is 3.97. The van der Waals surface area contributed by atoms with Gasteiger partial charge in [0.2, 0.25) is 5.91 Å². The van der Waals surface area contributed by atoms with Gasteiger partial charge in [-0.05, 0) is 25.5 Å². The topological polar surface area (TPSA) is 61.9 Å². The van der Waals surface area contributed by atoms with Gasteiger partial charge in [0.05, 0.1) is 7.11 Å². The number of ether oxygens (including phenoxy) is 1. The van der Waals surface area contributed by atoms with Gasteiger partial charge in [0.1, 0.15) is 6.54 Å². The molecule has 1 heterocycles. The number of hydrogen-bond acceptors (Lipinski definition) is 4. The molecule has 0 spiro atoms. The van der Waals surface area contributed by atoms with Crippen LogP contribution in [0.4, 0.5) is 10.5 Å². The van der Waals surface area contributed by atoms with Gasteiger partial charge in [-0.1, -0.05) is 18.2 Å². The van der Waals surface area contributed by atoms with Crippen molar-refractivity contribution in [1.29, 1.82) is 0 Å².